The maximum absolute atomic E-state index is 10.5. The van der Waals surface area contributed by atoms with Crippen LogP contribution in [0.25, 0.3) is 0 Å². The second kappa shape index (κ2) is 7.87. The minimum Gasteiger partial charge on any atom is -0.507 e. The summed E-state index contributed by atoms with van der Waals surface area (Å²) in [6.45, 7) is 2.86. The van der Waals surface area contributed by atoms with Crippen molar-refractivity contribution in [3.8, 4) is 5.75 Å². The topological polar surface area (TPSA) is 32.7 Å². The van der Waals surface area contributed by atoms with Gasteiger partial charge in [0.05, 0.1) is 12.2 Å². The van der Waals surface area contributed by atoms with Crippen LogP contribution in [-0.2, 0) is 11.2 Å². The molecule has 23 heavy (non-hydrogen) atoms. The van der Waals surface area contributed by atoms with Gasteiger partial charge in [-0.15, -0.1) is 12.4 Å². The van der Waals surface area contributed by atoms with Gasteiger partial charge < -0.3 is 14.7 Å². The average molecular weight is 340 g/mol. The molecule has 1 saturated carbocycles. The molecule has 1 aromatic rings. The molecule has 1 aliphatic carbocycles. The Bertz CT molecular complexity index is 526. The van der Waals surface area contributed by atoms with E-state index in [1.54, 1.807) is 0 Å². The zero-order valence-electron chi connectivity index (χ0n) is 14.5. The van der Waals surface area contributed by atoms with E-state index in [1.807, 2.05) is 13.0 Å². The Morgan fingerprint density at radius 3 is 2.52 bits per heavy atom. The number of phenols is 1. The summed E-state index contributed by atoms with van der Waals surface area (Å²) in [4.78, 5) is 2.18. The number of benzene rings is 1. The van der Waals surface area contributed by atoms with E-state index in [1.165, 1.54) is 37.7 Å². The van der Waals surface area contributed by atoms with Gasteiger partial charge in [-0.1, -0.05) is 31.4 Å². The van der Waals surface area contributed by atoms with Crippen LogP contribution in [0.2, 0.25) is 0 Å². The number of phenolic OH excluding ortho intramolecular Hbond substituents is 1. The molecule has 2 aliphatic rings. The molecule has 3 nitrogen and oxygen atoms in total. The number of nitrogens with zero attached hydrogens (tertiary/aromatic N) is 1. The van der Waals surface area contributed by atoms with E-state index < -0.39 is 0 Å². The van der Waals surface area contributed by atoms with E-state index in [2.05, 4.69) is 25.1 Å². The van der Waals surface area contributed by atoms with Gasteiger partial charge in [0.1, 0.15) is 5.75 Å². The number of hydrogen-bond donors (Lipinski definition) is 1. The second-order valence-corrected chi connectivity index (χ2v) is 7.33. The summed E-state index contributed by atoms with van der Waals surface area (Å²) in [7, 11) is 4.17. The number of rotatable bonds is 3. The maximum Gasteiger partial charge on any atom is 0.122 e. The highest BCUT2D eigenvalue weighted by atomic mass is 35.5. The molecule has 1 fully saturated rings. The third kappa shape index (κ3) is 4.01. The number of aromatic hydroxyl groups is 1. The van der Waals surface area contributed by atoms with Crippen molar-refractivity contribution in [2.45, 2.75) is 57.7 Å². The Morgan fingerprint density at radius 2 is 1.87 bits per heavy atom. The van der Waals surface area contributed by atoms with Gasteiger partial charge in [0, 0.05) is 18.5 Å². The molecule has 0 spiro atoms. The minimum atomic E-state index is 0. The molecule has 0 unspecified atom stereocenters. The third-order valence-electron chi connectivity index (χ3n) is 5.32. The van der Waals surface area contributed by atoms with Crippen molar-refractivity contribution in [1.29, 1.82) is 0 Å². The van der Waals surface area contributed by atoms with Crippen LogP contribution in [0, 0.1) is 12.8 Å². The molecule has 3 rings (SSSR count). The van der Waals surface area contributed by atoms with Gasteiger partial charge in [-0.25, -0.2) is 0 Å². The fraction of sp³-hybridized carbons (Fsp3) is 0.684. The Hall–Kier alpha value is -0.770. The average Bonchev–Trinajstić information content (AvgIpc) is 2.51. The molecule has 4 heteroatoms. The lowest BCUT2D eigenvalue weighted by molar-refractivity contribution is -0.0711. The molecule has 0 radical (unpaired) electrons. The van der Waals surface area contributed by atoms with Crippen molar-refractivity contribution < 1.29 is 9.84 Å². The first-order chi connectivity index (χ1) is 10.6. The fourth-order valence-corrected chi connectivity index (χ4v) is 4.08. The molecular formula is C19H30ClNO2. The van der Waals surface area contributed by atoms with Crippen LogP contribution in [-0.4, -0.2) is 36.8 Å². The Kier molecular flexibility index (Phi) is 6.35. The third-order valence-corrected chi connectivity index (χ3v) is 5.32. The van der Waals surface area contributed by atoms with Crippen molar-refractivity contribution in [2.75, 3.05) is 20.6 Å². The van der Waals surface area contributed by atoms with Gasteiger partial charge in [-0.05, 0) is 50.9 Å². The van der Waals surface area contributed by atoms with Crippen LogP contribution >= 0.6 is 12.4 Å². The lowest BCUT2D eigenvalue weighted by Crippen LogP contribution is -2.37. The minimum absolute atomic E-state index is 0. The molecule has 1 aromatic carbocycles. The zero-order chi connectivity index (χ0) is 15.7. The summed E-state index contributed by atoms with van der Waals surface area (Å²) in [5.41, 5.74) is 3.30. The number of aryl methyl sites for hydroxylation is 1. The van der Waals surface area contributed by atoms with E-state index in [0.717, 1.165) is 24.1 Å². The number of ether oxygens (including phenoxy) is 1. The van der Waals surface area contributed by atoms with Crippen LogP contribution in [0.1, 0.15) is 54.9 Å². The van der Waals surface area contributed by atoms with Gasteiger partial charge in [0.15, 0.2) is 0 Å². The van der Waals surface area contributed by atoms with E-state index in [0.29, 0.717) is 11.7 Å². The summed E-state index contributed by atoms with van der Waals surface area (Å²) in [6.07, 6.45) is 7.80. The molecule has 1 N–H and O–H groups in total. The molecule has 2 atom stereocenters. The second-order valence-electron chi connectivity index (χ2n) is 7.33. The maximum atomic E-state index is 10.5. The first-order valence-corrected chi connectivity index (χ1v) is 8.67. The first-order valence-electron chi connectivity index (χ1n) is 8.67. The summed E-state index contributed by atoms with van der Waals surface area (Å²) in [5.74, 6) is 1.15. The molecule has 1 heterocycles. The molecule has 1 aliphatic heterocycles. The Balaban J connectivity index is 0.00000192. The van der Waals surface area contributed by atoms with E-state index in [-0.39, 0.29) is 24.6 Å². The predicted molar refractivity (Wildman–Crippen MR) is 96.5 cm³/mol. The van der Waals surface area contributed by atoms with Gasteiger partial charge in [0.25, 0.3) is 0 Å². The van der Waals surface area contributed by atoms with Crippen LogP contribution in [0.15, 0.2) is 12.1 Å². The highest BCUT2D eigenvalue weighted by Gasteiger charge is 2.34. The lowest BCUT2D eigenvalue weighted by atomic mass is 9.80. The van der Waals surface area contributed by atoms with Crippen LogP contribution in [0.5, 0.6) is 5.75 Å². The normalized spacial score (nSPS) is 25.0. The lowest BCUT2D eigenvalue weighted by Gasteiger charge is -2.39. The van der Waals surface area contributed by atoms with Gasteiger partial charge in [-0.2, -0.15) is 0 Å². The number of hydrogen-bond acceptors (Lipinski definition) is 3. The summed E-state index contributed by atoms with van der Waals surface area (Å²) in [5, 5.41) is 10.5. The molecular weight excluding hydrogens is 310 g/mol. The smallest absolute Gasteiger partial charge is 0.122 e. The molecule has 0 saturated heterocycles. The Labute approximate surface area is 146 Å². The fourth-order valence-electron chi connectivity index (χ4n) is 4.08. The summed E-state index contributed by atoms with van der Waals surface area (Å²) >= 11 is 0. The number of fused-ring (bicyclic) bond motifs is 1. The van der Waals surface area contributed by atoms with E-state index in [9.17, 15) is 5.11 Å². The van der Waals surface area contributed by atoms with Crippen LogP contribution in [0.3, 0.4) is 0 Å². The summed E-state index contributed by atoms with van der Waals surface area (Å²) < 4.78 is 6.51. The van der Waals surface area contributed by atoms with Gasteiger partial charge in [-0.3, -0.25) is 0 Å². The number of likely N-dealkylation sites (N-methyl/N-ethyl adjacent to an activating group) is 1. The predicted octanol–water partition coefficient (Wildman–Crippen LogP) is 4.25. The van der Waals surface area contributed by atoms with Crippen molar-refractivity contribution in [3.05, 3.63) is 28.8 Å². The monoisotopic (exact) mass is 339 g/mol. The van der Waals surface area contributed by atoms with E-state index >= 15 is 0 Å². The van der Waals surface area contributed by atoms with Crippen molar-refractivity contribution >= 4 is 12.4 Å². The zero-order valence-corrected chi connectivity index (χ0v) is 15.4. The first kappa shape index (κ1) is 18.6. The van der Waals surface area contributed by atoms with Gasteiger partial charge in [0.2, 0.25) is 0 Å². The summed E-state index contributed by atoms with van der Waals surface area (Å²) in [6, 6.07) is 4.16. The Morgan fingerprint density at radius 1 is 1.17 bits per heavy atom. The highest BCUT2D eigenvalue weighted by molar-refractivity contribution is 5.85. The van der Waals surface area contributed by atoms with E-state index in [4.69, 9.17) is 4.74 Å². The van der Waals surface area contributed by atoms with Crippen molar-refractivity contribution in [1.82, 2.24) is 4.90 Å². The number of halogens is 1. The SMILES string of the molecule is Cc1ccc2c(c1O)C[C@@H](C1CCCCC1)O[C@H]2CN(C)C.Cl. The van der Waals surface area contributed by atoms with Crippen molar-refractivity contribution in [3.63, 3.8) is 0 Å². The molecule has 0 aromatic heterocycles. The van der Waals surface area contributed by atoms with Crippen LogP contribution < -0.4 is 0 Å². The van der Waals surface area contributed by atoms with Crippen molar-refractivity contribution in [2.24, 2.45) is 5.92 Å². The van der Waals surface area contributed by atoms with Gasteiger partial charge >= 0.3 is 0 Å². The standard InChI is InChI=1S/C19H29NO2.ClH/c1-13-9-10-15-16(19(13)21)11-17(14-7-5-4-6-8-14)22-18(15)12-20(2)3;/h9-10,14,17-18,21H,4-8,11-12H2,1-3H3;1H/t17-,18-;/m0./s1. The quantitative estimate of drug-likeness (QED) is 0.893. The highest BCUT2D eigenvalue weighted by Crippen LogP contribution is 2.41. The van der Waals surface area contributed by atoms with Crippen LogP contribution in [0.4, 0.5) is 0 Å². The largest absolute Gasteiger partial charge is 0.507 e. The molecule has 0 bridgehead atoms. The molecule has 0 amide bonds. The molecule has 130 valence electrons.